The summed E-state index contributed by atoms with van der Waals surface area (Å²) in [7, 11) is -2.90. The van der Waals surface area contributed by atoms with Gasteiger partial charge in [0, 0.05) is 19.6 Å². The summed E-state index contributed by atoms with van der Waals surface area (Å²) in [6.45, 7) is 2.50. The van der Waals surface area contributed by atoms with Crippen LogP contribution in [0.2, 0.25) is 0 Å². The largest absolute Gasteiger partial charge is 0.493 e. The van der Waals surface area contributed by atoms with Gasteiger partial charge in [-0.15, -0.1) is 0 Å². The summed E-state index contributed by atoms with van der Waals surface area (Å²) in [6.07, 6.45) is 0. The van der Waals surface area contributed by atoms with Gasteiger partial charge in [-0.2, -0.15) is 8.42 Å². The third-order valence-electron chi connectivity index (χ3n) is 4.81. The van der Waals surface area contributed by atoms with Crippen LogP contribution < -0.4 is 14.2 Å². The summed E-state index contributed by atoms with van der Waals surface area (Å²) < 4.78 is 62.3. The summed E-state index contributed by atoms with van der Waals surface area (Å²) in [6, 6.07) is 14.3. The molecule has 0 saturated heterocycles. The topological polar surface area (TPSA) is 84.9 Å². The predicted octanol–water partition coefficient (Wildman–Crippen LogP) is 4.47. The second-order valence-electron chi connectivity index (χ2n) is 7.29. The van der Waals surface area contributed by atoms with Crippen LogP contribution in [-0.4, -0.2) is 33.0 Å². The van der Waals surface area contributed by atoms with Crippen LogP contribution in [0.1, 0.15) is 18.1 Å². The molecule has 0 aliphatic heterocycles. The molecule has 0 bridgehead atoms. The van der Waals surface area contributed by atoms with Crippen LogP contribution in [-0.2, 0) is 23.2 Å². The van der Waals surface area contributed by atoms with E-state index in [-0.39, 0.29) is 41.3 Å². The standard InChI is InChI=1S/C24H24F2N2O5S/c1-3-27-24(29)28(15-17-4-7-19(25)8-5-17)16-18-6-13-22(32-2)23(14-18)33-34(30,31)21-11-9-20(26)10-12-21/h4-14H,3,15-16H2,1-2H3,(H,27,29). The summed E-state index contributed by atoms with van der Waals surface area (Å²) in [4.78, 5) is 13.9. The molecule has 0 aliphatic rings. The first-order chi connectivity index (χ1) is 16.2. The predicted molar refractivity (Wildman–Crippen MR) is 122 cm³/mol. The first-order valence-electron chi connectivity index (χ1n) is 10.4. The van der Waals surface area contributed by atoms with E-state index in [0.717, 1.165) is 29.8 Å². The highest BCUT2D eigenvalue weighted by Gasteiger charge is 2.21. The van der Waals surface area contributed by atoms with E-state index < -0.39 is 15.9 Å². The lowest BCUT2D eigenvalue weighted by Gasteiger charge is -2.23. The maximum absolute atomic E-state index is 13.3. The zero-order chi connectivity index (χ0) is 24.7. The number of hydrogen-bond donors (Lipinski definition) is 1. The molecule has 3 rings (SSSR count). The van der Waals surface area contributed by atoms with Crippen molar-refractivity contribution in [3.8, 4) is 11.5 Å². The van der Waals surface area contributed by atoms with Gasteiger partial charge in [0.05, 0.1) is 7.11 Å². The maximum atomic E-state index is 13.3. The normalized spacial score (nSPS) is 11.1. The van der Waals surface area contributed by atoms with Crippen LogP contribution >= 0.6 is 0 Å². The summed E-state index contributed by atoms with van der Waals surface area (Å²) in [5.74, 6) is -0.878. The van der Waals surface area contributed by atoms with E-state index in [2.05, 4.69) is 5.32 Å². The molecule has 2 amide bonds. The zero-order valence-electron chi connectivity index (χ0n) is 18.6. The molecule has 34 heavy (non-hydrogen) atoms. The third kappa shape index (κ3) is 6.44. The first-order valence-corrected chi connectivity index (χ1v) is 11.8. The number of urea groups is 1. The van der Waals surface area contributed by atoms with Gasteiger partial charge in [0.25, 0.3) is 0 Å². The lowest BCUT2D eigenvalue weighted by atomic mass is 10.1. The highest BCUT2D eigenvalue weighted by Crippen LogP contribution is 2.31. The molecule has 180 valence electrons. The summed E-state index contributed by atoms with van der Waals surface area (Å²) in [5, 5.41) is 2.73. The molecule has 0 saturated carbocycles. The summed E-state index contributed by atoms with van der Waals surface area (Å²) >= 11 is 0. The van der Waals surface area contributed by atoms with Gasteiger partial charge in [-0.1, -0.05) is 18.2 Å². The van der Waals surface area contributed by atoms with Crippen molar-refractivity contribution in [2.45, 2.75) is 24.9 Å². The Bertz CT molecular complexity index is 1230. The molecule has 0 spiro atoms. The molecule has 0 fully saturated rings. The minimum Gasteiger partial charge on any atom is -0.493 e. The number of nitrogens with zero attached hydrogens (tertiary/aromatic N) is 1. The number of hydrogen-bond acceptors (Lipinski definition) is 5. The number of nitrogens with one attached hydrogen (secondary N) is 1. The molecule has 3 aromatic carbocycles. The van der Waals surface area contributed by atoms with E-state index >= 15 is 0 Å². The Labute approximate surface area is 197 Å². The van der Waals surface area contributed by atoms with Crippen LogP contribution in [0, 0.1) is 11.6 Å². The molecule has 0 atom stereocenters. The van der Waals surface area contributed by atoms with Crippen molar-refractivity contribution in [3.63, 3.8) is 0 Å². The Morgan fingerprint density at radius 1 is 0.882 bits per heavy atom. The van der Waals surface area contributed by atoms with Crippen molar-refractivity contribution >= 4 is 16.1 Å². The van der Waals surface area contributed by atoms with Gasteiger partial charge in [0.15, 0.2) is 11.5 Å². The van der Waals surface area contributed by atoms with E-state index in [1.54, 1.807) is 25.1 Å². The van der Waals surface area contributed by atoms with E-state index in [4.69, 9.17) is 8.92 Å². The first kappa shape index (κ1) is 25.0. The van der Waals surface area contributed by atoms with Gasteiger partial charge in [-0.05, 0) is 66.6 Å². The van der Waals surface area contributed by atoms with E-state index in [1.807, 2.05) is 0 Å². The number of carbonyl (C=O) groups excluding carboxylic acids is 1. The molecule has 0 aromatic heterocycles. The highest BCUT2D eigenvalue weighted by atomic mass is 32.2. The SMILES string of the molecule is CCNC(=O)N(Cc1ccc(F)cc1)Cc1ccc(OC)c(OS(=O)(=O)c2ccc(F)cc2)c1. The van der Waals surface area contributed by atoms with Crippen LogP contribution in [0.4, 0.5) is 13.6 Å². The van der Waals surface area contributed by atoms with Crippen LogP contribution in [0.3, 0.4) is 0 Å². The smallest absolute Gasteiger partial charge is 0.339 e. The van der Waals surface area contributed by atoms with Crippen molar-refractivity contribution in [2.24, 2.45) is 0 Å². The molecule has 3 aromatic rings. The quantitative estimate of drug-likeness (QED) is 0.448. The molecule has 0 aliphatic carbocycles. The maximum Gasteiger partial charge on any atom is 0.339 e. The number of rotatable bonds is 9. The van der Waals surface area contributed by atoms with Gasteiger partial charge in [0.2, 0.25) is 0 Å². The van der Waals surface area contributed by atoms with Crippen LogP contribution in [0.5, 0.6) is 11.5 Å². The Hall–Kier alpha value is -3.66. The van der Waals surface area contributed by atoms with Crippen molar-refractivity contribution in [1.29, 1.82) is 0 Å². The molecule has 0 unspecified atom stereocenters. The van der Waals surface area contributed by atoms with Crippen molar-refractivity contribution < 1.29 is 30.9 Å². The number of amides is 2. The average Bonchev–Trinajstić information content (AvgIpc) is 2.80. The minimum atomic E-state index is -4.26. The number of carbonyl (C=O) groups is 1. The van der Waals surface area contributed by atoms with Gasteiger partial charge < -0.3 is 19.1 Å². The molecular weight excluding hydrogens is 466 g/mol. The fraction of sp³-hybridized carbons (Fsp3) is 0.208. The van der Waals surface area contributed by atoms with Crippen molar-refractivity contribution in [1.82, 2.24) is 10.2 Å². The van der Waals surface area contributed by atoms with Gasteiger partial charge in [-0.3, -0.25) is 0 Å². The van der Waals surface area contributed by atoms with Crippen LogP contribution in [0.25, 0.3) is 0 Å². The Kier molecular flexibility index (Phi) is 8.06. The Morgan fingerprint density at radius 3 is 2.03 bits per heavy atom. The molecule has 10 heteroatoms. The third-order valence-corrected chi connectivity index (χ3v) is 6.05. The van der Waals surface area contributed by atoms with Gasteiger partial charge in [-0.25, -0.2) is 13.6 Å². The lowest BCUT2D eigenvalue weighted by Crippen LogP contribution is -2.39. The molecule has 7 nitrogen and oxygen atoms in total. The second kappa shape index (κ2) is 11.0. The number of halogens is 2. The number of ether oxygens (including phenoxy) is 1. The molecular formula is C24H24F2N2O5S. The lowest BCUT2D eigenvalue weighted by molar-refractivity contribution is 0.193. The minimum absolute atomic E-state index is 0.0815. The fourth-order valence-corrected chi connectivity index (χ4v) is 4.08. The zero-order valence-corrected chi connectivity index (χ0v) is 19.4. The molecule has 0 heterocycles. The highest BCUT2D eigenvalue weighted by molar-refractivity contribution is 7.87. The van der Waals surface area contributed by atoms with Crippen molar-refractivity contribution in [3.05, 3.63) is 89.5 Å². The van der Waals surface area contributed by atoms with E-state index in [9.17, 15) is 22.0 Å². The Morgan fingerprint density at radius 2 is 1.44 bits per heavy atom. The molecule has 0 radical (unpaired) electrons. The summed E-state index contributed by atoms with van der Waals surface area (Å²) in [5.41, 5.74) is 1.29. The van der Waals surface area contributed by atoms with E-state index in [1.165, 1.54) is 36.3 Å². The average molecular weight is 491 g/mol. The second-order valence-corrected chi connectivity index (χ2v) is 8.84. The van der Waals surface area contributed by atoms with Crippen molar-refractivity contribution in [2.75, 3.05) is 13.7 Å². The number of methoxy groups -OCH3 is 1. The Balaban J connectivity index is 1.87. The van der Waals surface area contributed by atoms with Crippen LogP contribution in [0.15, 0.2) is 71.6 Å². The van der Waals surface area contributed by atoms with Gasteiger partial charge >= 0.3 is 16.1 Å². The molecule has 1 N–H and O–H groups in total. The van der Waals surface area contributed by atoms with Gasteiger partial charge in [0.1, 0.15) is 16.5 Å². The van der Waals surface area contributed by atoms with E-state index in [0.29, 0.717) is 12.1 Å². The fourth-order valence-electron chi connectivity index (χ4n) is 3.15. The monoisotopic (exact) mass is 490 g/mol. The number of benzene rings is 3.